The molecule has 4 rings (SSSR count). The molecule has 0 bridgehead atoms. The Morgan fingerprint density at radius 2 is 1.19 bits per heavy atom. The molecule has 0 saturated carbocycles. The number of carbonyl (C=O) groups is 3. The Morgan fingerprint density at radius 1 is 0.731 bits per heavy atom. The second-order valence-electron chi connectivity index (χ2n) is 12.5. The van der Waals surface area contributed by atoms with Crippen LogP contribution in [0.25, 0.3) is 0 Å². The highest BCUT2D eigenvalue weighted by Gasteiger charge is 2.55. The van der Waals surface area contributed by atoms with Gasteiger partial charge in [-0.3, -0.25) is 24.5 Å². The maximum atomic E-state index is 12.9. The maximum Gasteiger partial charge on any atom is 0.269 e. The fourth-order valence-corrected chi connectivity index (χ4v) is 6.45. The molecule has 15 atom stereocenters. The molecule has 52 heavy (non-hydrogen) atoms. The third-order valence-corrected chi connectivity index (χ3v) is 8.87. The normalized spacial score (nSPS) is 37.9. The Morgan fingerprint density at radius 3 is 1.65 bits per heavy atom. The highest BCUT2D eigenvalue weighted by atomic mass is 16.7. The van der Waals surface area contributed by atoms with Gasteiger partial charge in [-0.05, 0) is 12.1 Å². The van der Waals surface area contributed by atoms with E-state index in [1.165, 1.54) is 12.1 Å². The monoisotopic (exact) mass is 748 g/mol. The number of carbonyl (C=O) groups excluding carboxylic acids is 3. The molecular weight excluding hydrogens is 704 g/mol. The highest BCUT2D eigenvalue weighted by Crippen LogP contribution is 2.35. The van der Waals surface area contributed by atoms with E-state index in [2.05, 4.69) is 10.6 Å². The van der Waals surface area contributed by atoms with E-state index < -0.39 is 134 Å². The van der Waals surface area contributed by atoms with Gasteiger partial charge >= 0.3 is 0 Å². The molecule has 0 spiro atoms. The predicted molar refractivity (Wildman–Crippen MR) is 168 cm³/mol. The zero-order chi connectivity index (χ0) is 38.6. The number of non-ortho nitro benzene ring substituents is 1. The van der Waals surface area contributed by atoms with Crippen LogP contribution in [0, 0.1) is 10.1 Å². The standard InChI is InChI=1S/C30H44N4O18/c1-11(38)31-19-23(42)22(41)16(8-35)49-29(19)51-26-18(10-37)50-30(20(24(26)43)32-12(2)39)52-27-17(9-36)48-28(45)21(25(27)44)33(13(3)40)14-4-6-15(7-5-14)34(46)47/h4-7,16-30,35-37,41-45H,8-10H2,1-3H3,(H,31,38)(H,32,39). The molecule has 3 fully saturated rings. The number of benzene rings is 1. The lowest BCUT2D eigenvalue weighted by atomic mass is 9.93. The summed E-state index contributed by atoms with van der Waals surface area (Å²) >= 11 is 0. The molecule has 22 nitrogen and oxygen atoms in total. The van der Waals surface area contributed by atoms with Crippen molar-refractivity contribution in [1.82, 2.24) is 10.6 Å². The Balaban J connectivity index is 1.64. The Kier molecular flexibility index (Phi) is 13.9. The summed E-state index contributed by atoms with van der Waals surface area (Å²) in [6, 6.07) is -0.136. The first-order valence-electron chi connectivity index (χ1n) is 16.1. The van der Waals surface area contributed by atoms with E-state index in [4.69, 9.17) is 23.7 Å². The number of nitrogens with zero attached hydrogens (tertiary/aromatic N) is 2. The van der Waals surface area contributed by atoms with Crippen LogP contribution < -0.4 is 15.5 Å². The Hall–Kier alpha value is -3.49. The first kappa shape index (κ1) is 41.3. The predicted octanol–water partition coefficient (Wildman–Crippen LogP) is -5.32. The van der Waals surface area contributed by atoms with Crippen LogP contribution in [-0.4, -0.2) is 175 Å². The zero-order valence-electron chi connectivity index (χ0n) is 28.1. The number of nitro benzene ring substituents is 1. The lowest BCUT2D eigenvalue weighted by molar-refractivity contribution is -0.384. The summed E-state index contributed by atoms with van der Waals surface area (Å²) in [4.78, 5) is 48.5. The molecule has 1 aromatic carbocycles. The number of hydrogen-bond donors (Lipinski definition) is 10. The number of rotatable bonds is 12. The van der Waals surface area contributed by atoms with Gasteiger partial charge in [-0.15, -0.1) is 0 Å². The molecule has 22 heteroatoms. The van der Waals surface area contributed by atoms with Crippen molar-refractivity contribution in [3.63, 3.8) is 0 Å². The van der Waals surface area contributed by atoms with E-state index in [0.717, 1.165) is 37.8 Å². The largest absolute Gasteiger partial charge is 0.394 e. The Labute approximate surface area is 295 Å². The number of amides is 3. The first-order chi connectivity index (χ1) is 24.5. The molecule has 1 aromatic rings. The number of nitro groups is 1. The van der Waals surface area contributed by atoms with Crippen molar-refractivity contribution in [3.05, 3.63) is 34.4 Å². The molecule has 0 aromatic heterocycles. The smallest absolute Gasteiger partial charge is 0.269 e. The number of aliphatic hydroxyl groups is 8. The average molecular weight is 749 g/mol. The van der Waals surface area contributed by atoms with Crippen molar-refractivity contribution >= 4 is 29.1 Å². The molecular formula is C30H44N4O18. The van der Waals surface area contributed by atoms with Gasteiger partial charge in [0.2, 0.25) is 17.7 Å². The second-order valence-corrected chi connectivity index (χ2v) is 12.5. The molecule has 3 saturated heterocycles. The van der Waals surface area contributed by atoms with E-state index in [9.17, 15) is 65.4 Å². The number of hydrogen-bond acceptors (Lipinski definition) is 18. The summed E-state index contributed by atoms with van der Waals surface area (Å²) in [6.45, 7) is 0.709. The maximum absolute atomic E-state index is 12.9. The molecule has 3 aliphatic rings. The summed E-state index contributed by atoms with van der Waals surface area (Å²) in [6.07, 6.45) is -20.3. The zero-order valence-corrected chi connectivity index (χ0v) is 28.1. The van der Waals surface area contributed by atoms with E-state index >= 15 is 0 Å². The second kappa shape index (κ2) is 17.6. The van der Waals surface area contributed by atoms with Crippen molar-refractivity contribution in [3.8, 4) is 0 Å². The topological polar surface area (TPSA) is 330 Å². The van der Waals surface area contributed by atoms with Gasteiger partial charge in [0.15, 0.2) is 18.9 Å². The van der Waals surface area contributed by atoms with Crippen molar-refractivity contribution < 1.29 is 83.8 Å². The van der Waals surface area contributed by atoms with Crippen LogP contribution in [0.15, 0.2) is 24.3 Å². The fraction of sp³-hybridized carbons (Fsp3) is 0.700. The van der Waals surface area contributed by atoms with Crippen LogP contribution in [0.4, 0.5) is 11.4 Å². The van der Waals surface area contributed by atoms with Crippen LogP contribution in [-0.2, 0) is 38.1 Å². The van der Waals surface area contributed by atoms with Gasteiger partial charge in [0.25, 0.3) is 5.69 Å². The van der Waals surface area contributed by atoms with E-state index in [-0.39, 0.29) is 11.4 Å². The number of nitrogens with one attached hydrogen (secondary N) is 2. The minimum atomic E-state index is -1.94. The summed E-state index contributed by atoms with van der Waals surface area (Å²) < 4.78 is 28.9. The summed E-state index contributed by atoms with van der Waals surface area (Å²) in [5.41, 5.74) is -0.300. The molecule has 3 aliphatic heterocycles. The van der Waals surface area contributed by atoms with Gasteiger partial charge in [-0.1, -0.05) is 0 Å². The van der Waals surface area contributed by atoms with Crippen molar-refractivity contribution in [2.45, 2.75) is 113 Å². The van der Waals surface area contributed by atoms with E-state index in [1.807, 2.05) is 0 Å². The summed E-state index contributed by atoms with van der Waals surface area (Å²) in [7, 11) is 0. The number of anilines is 1. The lowest BCUT2D eigenvalue weighted by Gasteiger charge is -2.50. The third-order valence-electron chi connectivity index (χ3n) is 8.87. The number of ether oxygens (including phenoxy) is 5. The first-order valence-corrected chi connectivity index (χ1v) is 16.1. The third kappa shape index (κ3) is 8.82. The van der Waals surface area contributed by atoms with Gasteiger partial charge in [0.1, 0.15) is 73.1 Å². The highest BCUT2D eigenvalue weighted by molar-refractivity contribution is 5.92. The SMILES string of the molecule is CC(=O)NC1C(OC2C(CO)OC(OC3C(CO)OC(O)C(N(C(C)=O)c4ccc([N+](=O)[O-])cc4)C3O)C(NC(C)=O)C2O)OC(CO)C(O)C1O. The minimum absolute atomic E-state index is 0.00960. The molecule has 0 radical (unpaired) electrons. The van der Waals surface area contributed by atoms with Gasteiger partial charge in [-0.2, -0.15) is 0 Å². The van der Waals surface area contributed by atoms with Gasteiger partial charge in [0, 0.05) is 38.6 Å². The van der Waals surface area contributed by atoms with Gasteiger partial charge in [0.05, 0.1) is 24.7 Å². The molecule has 292 valence electrons. The summed E-state index contributed by atoms with van der Waals surface area (Å²) in [5.74, 6) is -2.16. The molecule has 10 N–H and O–H groups in total. The minimum Gasteiger partial charge on any atom is -0.394 e. The van der Waals surface area contributed by atoms with Crippen molar-refractivity contribution in [2.24, 2.45) is 0 Å². The van der Waals surface area contributed by atoms with Gasteiger partial charge < -0.3 is 80.1 Å². The number of aliphatic hydroxyl groups excluding tert-OH is 8. The van der Waals surface area contributed by atoms with Crippen LogP contribution >= 0.6 is 0 Å². The lowest BCUT2D eigenvalue weighted by Crippen LogP contribution is -2.71. The molecule has 0 aliphatic carbocycles. The van der Waals surface area contributed by atoms with E-state index in [1.54, 1.807) is 0 Å². The molecule has 15 unspecified atom stereocenters. The van der Waals surface area contributed by atoms with E-state index in [0.29, 0.717) is 0 Å². The molecule has 3 amide bonds. The van der Waals surface area contributed by atoms with Crippen molar-refractivity contribution in [1.29, 1.82) is 0 Å². The van der Waals surface area contributed by atoms with Crippen molar-refractivity contribution in [2.75, 3.05) is 24.7 Å². The van der Waals surface area contributed by atoms with Crippen LogP contribution in [0.2, 0.25) is 0 Å². The average Bonchev–Trinajstić information content (AvgIpc) is 3.09. The van der Waals surface area contributed by atoms with Gasteiger partial charge in [-0.25, -0.2) is 0 Å². The Bertz CT molecular complexity index is 1410. The quantitative estimate of drug-likeness (QED) is 0.0705. The summed E-state index contributed by atoms with van der Waals surface area (Å²) in [5, 5.41) is 101. The van der Waals surface area contributed by atoms with Crippen LogP contribution in [0.3, 0.4) is 0 Å². The fourth-order valence-electron chi connectivity index (χ4n) is 6.45. The van der Waals surface area contributed by atoms with Crippen LogP contribution in [0.5, 0.6) is 0 Å². The molecule has 3 heterocycles. The van der Waals surface area contributed by atoms with Crippen LogP contribution in [0.1, 0.15) is 20.8 Å².